The average Bonchev–Trinajstić information content (AvgIpc) is 2.39. The fraction of sp³-hybridized carbons (Fsp3) is 0.600. The number of rotatable bonds is 4. The highest BCUT2D eigenvalue weighted by atomic mass is 35.5. The van der Waals surface area contributed by atoms with Crippen LogP contribution in [0.15, 0.2) is 18.2 Å². The van der Waals surface area contributed by atoms with Gasteiger partial charge in [-0.2, -0.15) is 0 Å². The Morgan fingerprint density at radius 1 is 1.44 bits per heavy atom. The van der Waals surface area contributed by atoms with E-state index in [0.717, 1.165) is 19.7 Å². The number of nitrogens with zero attached hydrogens (tertiary/aromatic N) is 1. The maximum atomic E-state index is 5.90. The molecule has 3 heteroatoms. The topological polar surface area (TPSA) is 12.5 Å². The van der Waals surface area contributed by atoms with Gasteiger partial charge in [0.2, 0.25) is 0 Å². The van der Waals surface area contributed by atoms with Crippen molar-refractivity contribution in [3.8, 4) is 0 Å². The quantitative estimate of drug-likeness (QED) is 0.771. The lowest BCUT2D eigenvalue weighted by atomic mass is 10.0. The van der Waals surface area contributed by atoms with E-state index in [1.807, 2.05) is 0 Å². The Morgan fingerprint density at radius 2 is 2.28 bits per heavy atom. The Bertz CT molecular complexity index is 392. The van der Waals surface area contributed by atoms with Gasteiger partial charge in [-0.25, -0.2) is 0 Å². The number of hydrogen-bond donors (Lipinski definition) is 0. The number of ether oxygens (including phenoxy) is 1. The molecule has 0 amide bonds. The first-order valence-corrected chi connectivity index (χ1v) is 7.30. The smallest absolute Gasteiger partial charge is 0.0750 e. The summed E-state index contributed by atoms with van der Waals surface area (Å²) in [4.78, 5) is 2.43. The third kappa shape index (κ3) is 3.18. The standard InChI is InChI=1S/C15H22ClNO/c1-3-18-15-5-4-8-17(11-15)14-7-6-13(10-16)12(2)9-14/h6-7,9,15H,3-5,8,10-11H2,1-2H3. The van der Waals surface area contributed by atoms with Gasteiger partial charge < -0.3 is 9.64 Å². The third-order valence-electron chi connectivity index (χ3n) is 3.62. The molecule has 1 saturated heterocycles. The summed E-state index contributed by atoms with van der Waals surface area (Å²) in [5, 5.41) is 0. The number of alkyl halides is 1. The monoisotopic (exact) mass is 267 g/mol. The number of aryl methyl sites for hydroxylation is 1. The highest BCUT2D eigenvalue weighted by Gasteiger charge is 2.20. The summed E-state index contributed by atoms with van der Waals surface area (Å²) >= 11 is 5.90. The summed E-state index contributed by atoms with van der Waals surface area (Å²) in [5.41, 5.74) is 3.80. The molecule has 0 bridgehead atoms. The summed E-state index contributed by atoms with van der Waals surface area (Å²) in [6, 6.07) is 6.56. The number of piperidine rings is 1. The van der Waals surface area contributed by atoms with E-state index in [0.29, 0.717) is 12.0 Å². The van der Waals surface area contributed by atoms with Crippen LogP contribution in [0.2, 0.25) is 0 Å². The zero-order valence-electron chi connectivity index (χ0n) is 11.3. The van der Waals surface area contributed by atoms with Crippen LogP contribution in [-0.2, 0) is 10.6 Å². The summed E-state index contributed by atoms with van der Waals surface area (Å²) in [7, 11) is 0. The van der Waals surface area contributed by atoms with E-state index in [-0.39, 0.29) is 0 Å². The molecule has 2 nitrogen and oxygen atoms in total. The molecule has 1 fully saturated rings. The molecule has 0 saturated carbocycles. The lowest BCUT2D eigenvalue weighted by Gasteiger charge is -2.34. The molecule has 1 aromatic rings. The number of benzene rings is 1. The Kier molecular flexibility index (Phi) is 4.90. The van der Waals surface area contributed by atoms with E-state index in [1.165, 1.54) is 29.7 Å². The molecule has 18 heavy (non-hydrogen) atoms. The Balaban J connectivity index is 2.08. The normalized spacial score (nSPS) is 20.2. The van der Waals surface area contributed by atoms with Crippen LogP contribution in [0.5, 0.6) is 0 Å². The van der Waals surface area contributed by atoms with Crippen molar-refractivity contribution in [3.63, 3.8) is 0 Å². The SMILES string of the molecule is CCOC1CCCN(c2ccc(CCl)c(C)c2)C1. The Hall–Kier alpha value is -0.730. The zero-order chi connectivity index (χ0) is 13.0. The molecule has 1 heterocycles. The van der Waals surface area contributed by atoms with Crippen LogP contribution in [0, 0.1) is 6.92 Å². The highest BCUT2D eigenvalue weighted by Crippen LogP contribution is 2.24. The molecule has 1 aliphatic heterocycles. The maximum Gasteiger partial charge on any atom is 0.0750 e. The molecule has 0 aliphatic carbocycles. The molecular weight excluding hydrogens is 246 g/mol. The Labute approximate surface area is 115 Å². The van der Waals surface area contributed by atoms with Crippen molar-refractivity contribution in [1.82, 2.24) is 0 Å². The van der Waals surface area contributed by atoms with Gasteiger partial charge in [0.25, 0.3) is 0 Å². The van der Waals surface area contributed by atoms with E-state index in [1.54, 1.807) is 0 Å². The molecule has 0 spiro atoms. The van der Waals surface area contributed by atoms with E-state index in [9.17, 15) is 0 Å². The van der Waals surface area contributed by atoms with Crippen molar-refractivity contribution in [2.75, 3.05) is 24.6 Å². The number of anilines is 1. The first kappa shape index (κ1) is 13.7. The van der Waals surface area contributed by atoms with Crippen LogP contribution in [0.1, 0.15) is 30.9 Å². The van der Waals surface area contributed by atoms with Gasteiger partial charge in [0.1, 0.15) is 0 Å². The summed E-state index contributed by atoms with van der Waals surface area (Å²) in [6.45, 7) is 7.14. The number of halogens is 1. The lowest BCUT2D eigenvalue weighted by molar-refractivity contribution is 0.0527. The van der Waals surface area contributed by atoms with Crippen molar-refractivity contribution in [2.45, 2.75) is 38.7 Å². The van der Waals surface area contributed by atoms with Crippen molar-refractivity contribution in [3.05, 3.63) is 29.3 Å². The fourth-order valence-corrected chi connectivity index (χ4v) is 2.87. The lowest BCUT2D eigenvalue weighted by Crippen LogP contribution is -2.39. The second-order valence-corrected chi connectivity index (χ2v) is 5.18. The largest absolute Gasteiger partial charge is 0.377 e. The third-order valence-corrected chi connectivity index (χ3v) is 3.90. The summed E-state index contributed by atoms with van der Waals surface area (Å²) in [6.07, 6.45) is 2.78. The zero-order valence-corrected chi connectivity index (χ0v) is 12.0. The van der Waals surface area contributed by atoms with Gasteiger partial charge in [-0.15, -0.1) is 11.6 Å². The van der Waals surface area contributed by atoms with Gasteiger partial charge in [-0.05, 0) is 49.9 Å². The minimum atomic E-state index is 0.386. The minimum absolute atomic E-state index is 0.386. The van der Waals surface area contributed by atoms with E-state index >= 15 is 0 Å². The van der Waals surface area contributed by atoms with Gasteiger partial charge in [0.05, 0.1) is 6.10 Å². The van der Waals surface area contributed by atoms with E-state index in [4.69, 9.17) is 16.3 Å². The van der Waals surface area contributed by atoms with Crippen LogP contribution in [-0.4, -0.2) is 25.8 Å². The van der Waals surface area contributed by atoms with Gasteiger partial charge >= 0.3 is 0 Å². The molecular formula is C15H22ClNO. The second kappa shape index (κ2) is 6.44. The average molecular weight is 268 g/mol. The molecule has 1 atom stereocenters. The molecule has 0 N–H and O–H groups in total. The predicted octanol–water partition coefficient (Wildman–Crippen LogP) is 3.74. The Morgan fingerprint density at radius 3 is 2.94 bits per heavy atom. The van der Waals surface area contributed by atoms with Crippen molar-refractivity contribution in [1.29, 1.82) is 0 Å². The highest BCUT2D eigenvalue weighted by molar-refractivity contribution is 6.17. The predicted molar refractivity (Wildman–Crippen MR) is 77.6 cm³/mol. The molecule has 100 valence electrons. The minimum Gasteiger partial charge on any atom is -0.377 e. The van der Waals surface area contributed by atoms with Crippen LogP contribution in [0.25, 0.3) is 0 Å². The fourth-order valence-electron chi connectivity index (χ4n) is 2.57. The number of hydrogen-bond acceptors (Lipinski definition) is 2. The molecule has 1 aliphatic rings. The van der Waals surface area contributed by atoms with Gasteiger partial charge in [-0.1, -0.05) is 6.07 Å². The molecule has 1 aromatic carbocycles. The van der Waals surface area contributed by atoms with Crippen LogP contribution in [0.3, 0.4) is 0 Å². The van der Waals surface area contributed by atoms with Gasteiger partial charge in [0.15, 0.2) is 0 Å². The maximum absolute atomic E-state index is 5.90. The van der Waals surface area contributed by atoms with E-state index in [2.05, 4.69) is 36.9 Å². The molecule has 1 unspecified atom stereocenters. The summed E-state index contributed by atoms with van der Waals surface area (Å²) < 4.78 is 5.75. The summed E-state index contributed by atoms with van der Waals surface area (Å²) in [5.74, 6) is 0.591. The van der Waals surface area contributed by atoms with Crippen molar-refractivity contribution < 1.29 is 4.74 Å². The first-order valence-electron chi connectivity index (χ1n) is 6.76. The van der Waals surface area contributed by atoms with Crippen molar-refractivity contribution >= 4 is 17.3 Å². The van der Waals surface area contributed by atoms with Crippen LogP contribution >= 0.6 is 11.6 Å². The first-order chi connectivity index (χ1) is 8.74. The van der Waals surface area contributed by atoms with E-state index < -0.39 is 0 Å². The van der Waals surface area contributed by atoms with Crippen LogP contribution < -0.4 is 4.90 Å². The van der Waals surface area contributed by atoms with Gasteiger partial charge in [-0.3, -0.25) is 0 Å². The molecule has 0 radical (unpaired) electrons. The van der Waals surface area contributed by atoms with Crippen molar-refractivity contribution in [2.24, 2.45) is 0 Å². The molecule has 2 rings (SSSR count). The molecule has 0 aromatic heterocycles. The van der Waals surface area contributed by atoms with Gasteiger partial charge in [0, 0.05) is 31.3 Å². The van der Waals surface area contributed by atoms with Crippen LogP contribution in [0.4, 0.5) is 5.69 Å². The second-order valence-electron chi connectivity index (χ2n) is 4.91.